The van der Waals surface area contributed by atoms with Crippen LogP contribution in [0.1, 0.15) is 234 Å². The first-order chi connectivity index (χ1) is 34.9. The van der Waals surface area contributed by atoms with Crippen LogP contribution in [0.2, 0.25) is 0 Å². The minimum atomic E-state index is -1.02. The molecule has 1 aliphatic heterocycles. The Bertz CT molecular complexity index is 1610. The molecule has 4 aliphatic carbocycles. The van der Waals surface area contributed by atoms with E-state index in [4.69, 9.17) is 23.7 Å². The van der Waals surface area contributed by atoms with Gasteiger partial charge in [0.2, 0.25) is 0 Å². The van der Waals surface area contributed by atoms with Crippen molar-refractivity contribution in [1.82, 2.24) is 10.2 Å². The average molecular weight is 1010 g/mol. The fourth-order valence-electron chi connectivity index (χ4n) is 14.4. The van der Waals surface area contributed by atoms with Crippen molar-refractivity contribution in [2.24, 2.45) is 46.3 Å². The number of nitrogens with one attached hydrogen (secondary N) is 1. The second-order valence-corrected chi connectivity index (χ2v) is 24.4. The lowest BCUT2D eigenvalue weighted by Gasteiger charge is -2.58. The van der Waals surface area contributed by atoms with E-state index in [1.165, 1.54) is 160 Å². The highest BCUT2D eigenvalue weighted by Crippen LogP contribution is 2.67. The number of piperidine rings is 1. The number of likely N-dealkylation sites (tertiary alicyclic amines) is 1. The minimum absolute atomic E-state index is 0.0498. The summed E-state index contributed by atoms with van der Waals surface area (Å²) in [6, 6.07) is -1.02. The zero-order chi connectivity index (χ0) is 51.6. The monoisotopic (exact) mass is 1010 g/mol. The molecule has 1 heterocycles. The smallest absolute Gasteiger partial charge is 0.408 e. The summed E-state index contributed by atoms with van der Waals surface area (Å²) in [6.07, 6.45) is 41.2. The zero-order valence-corrected chi connectivity index (χ0v) is 47.3. The molecule has 72 heavy (non-hydrogen) atoms. The van der Waals surface area contributed by atoms with Gasteiger partial charge in [0.1, 0.15) is 18.8 Å². The van der Waals surface area contributed by atoms with Gasteiger partial charge in [-0.2, -0.15) is 0 Å². The third-order valence-corrected chi connectivity index (χ3v) is 18.7. The van der Waals surface area contributed by atoms with Crippen molar-refractivity contribution in [3.63, 3.8) is 0 Å². The normalized spacial score (nSPS) is 27.6. The molecule has 0 aromatic carbocycles. The molecule has 1 amide bonds. The van der Waals surface area contributed by atoms with Gasteiger partial charge in [0.25, 0.3) is 0 Å². The largest absolute Gasteiger partial charge is 0.467 e. The summed E-state index contributed by atoms with van der Waals surface area (Å²) in [5.41, 5.74) is 2.06. The maximum absolute atomic E-state index is 13.3. The summed E-state index contributed by atoms with van der Waals surface area (Å²) >= 11 is 0. The Hall–Kier alpha value is -2.43. The van der Waals surface area contributed by atoms with Crippen LogP contribution < -0.4 is 5.32 Å². The van der Waals surface area contributed by atoms with Crippen LogP contribution in [-0.2, 0) is 33.3 Å². The van der Waals surface area contributed by atoms with Crippen molar-refractivity contribution in [2.75, 3.05) is 53.2 Å². The minimum Gasteiger partial charge on any atom is -0.467 e. The van der Waals surface area contributed by atoms with E-state index in [2.05, 4.69) is 70.0 Å². The van der Waals surface area contributed by atoms with Gasteiger partial charge in [-0.15, -0.1) is 0 Å². The molecule has 1 N–H and O–H groups in total. The summed E-state index contributed by atoms with van der Waals surface area (Å²) in [7, 11) is 1.29. The number of carbonyl (C=O) groups excluding carboxylic acids is 3. The van der Waals surface area contributed by atoms with Crippen LogP contribution in [0.15, 0.2) is 23.8 Å². The van der Waals surface area contributed by atoms with Crippen molar-refractivity contribution in [3.05, 3.63) is 23.8 Å². The molecule has 0 aromatic heterocycles. The Morgan fingerprint density at radius 1 is 0.778 bits per heavy atom. The first-order valence-electron chi connectivity index (χ1n) is 30.3. The van der Waals surface area contributed by atoms with Crippen molar-refractivity contribution in [3.8, 4) is 0 Å². The van der Waals surface area contributed by atoms with E-state index in [1.54, 1.807) is 0 Å². The molecule has 4 fully saturated rings. The summed E-state index contributed by atoms with van der Waals surface area (Å²) in [5, 5.41) is 2.73. The van der Waals surface area contributed by atoms with Gasteiger partial charge in [0, 0.05) is 26.0 Å². The van der Waals surface area contributed by atoms with Gasteiger partial charge in [-0.1, -0.05) is 149 Å². The number of amides is 1. The fourth-order valence-corrected chi connectivity index (χ4v) is 14.4. The summed E-state index contributed by atoms with van der Waals surface area (Å²) in [6.45, 7) is 19.3. The molecule has 0 radical (unpaired) electrons. The Labute approximate surface area is 440 Å². The molecule has 0 bridgehead atoms. The van der Waals surface area contributed by atoms with Gasteiger partial charge in [0.15, 0.2) is 0 Å². The van der Waals surface area contributed by atoms with Crippen LogP contribution in [0.3, 0.4) is 0 Å². The van der Waals surface area contributed by atoms with Crippen molar-refractivity contribution >= 4 is 18.0 Å². The van der Waals surface area contributed by atoms with Gasteiger partial charge in [0.05, 0.1) is 26.4 Å². The van der Waals surface area contributed by atoms with Crippen LogP contribution in [0.5, 0.6) is 0 Å². The number of methoxy groups -OCH3 is 1. The Kier molecular flexibility index (Phi) is 27.6. The van der Waals surface area contributed by atoms with Crippen LogP contribution in [0, 0.1) is 46.3 Å². The van der Waals surface area contributed by atoms with Crippen molar-refractivity contribution in [1.29, 1.82) is 0 Å². The molecule has 1 saturated heterocycles. The molecule has 0 aromatic rings. The highest BCUT2D eigenvalue weighted by molar-refractivity contribution is 5.82. The van der Waals surface area contributed by atoms with Crippen molar-refractivity contribution in [2.45, 2.75) is 252 Å². The number of hydrogen-bond acceptors (Lipinski definition) is 9. The highest BCUT2D eigenvalue weighted by Gasteiger charge is 2.59. The quantitative estimate of drug-likeness (QED) is 0.0287. The van der Waals surface area contributed by atoms with Gasteiger partial charge in [-0.25, -0.2) is 9.59 Å². The van der Waals surface area contributed by atoms with Crippen LogP contribution in [0.25, 0.3) is 0 Å². The Balaban J connectivity index is 0.959. The molecule has 5 aliphatic rings. The van der Waals surface area contributed by atoms with E-state index in [0.717, 1.165) is 87.9 Å². The molecule has 10 atom stereocenters. The Morgan fingerprint density at radius 2 is 1.49 bits per heavy atom. The van der Waals surface area contributed by atoms with Crippen LogP contribution in [0.4, 0.5) is 4.79 Å². The number of ether oxygens (including phenoxy) is 5. The number of fused-ring (bicyclic) bond motifs is 5. The predicted octanol–water partition coefficient (Wildman–Crippen LogP) is 14.9. The molecule has 414 valence electrons. The van der Waals surface area contributed by atoms with Crippen molar-refractivity contribution < 1.29 is 38.1 Å². The maximum atomic E-state index is 13.3. The van der Waals surface area contributed by atoms with E-state index in [0.29, 0.717) is 17.9 Å². The third kappa shape index (κ3) is 19.6. The number of esters is 2. The van der Waals surface area contributed by atoms with Gasteiger partial charge >= 0.3 is 18.0 Å². The van der Waals surface area contributed by atoms with E-state index in [-0.39, 0.29) is 43.7 Å². The molecule has 0 spiro atoms. The second kappa shape index (κ2) is 32.9. The average Bonchev–Trinajstić information content (AvgIpc) is 3.73. The Morgan fingerprint density at radius 3 is 2.19 bits per heavy atom. The molecular weight excluding hydrogens is 901 g/mol. The van der Waals surface area contributed by atoms with E-state index in [1.807, 2.05) is 0 Å². The lowest BCUT2D eigenvalue weighted by Crippen LogP contribution is -2.51. The molecule has 10 nitrogen and oxygen atoms in total. The SMILES string of the molecule is CCCCCCCC/C=C\CCCCCCCCOCC(CN1CCCCC1)OCCOC(=O)CCC(NC(=O)OC1CC[C@@]2(C)C(=CCC3[C@@H]2CC[C@]2(C)C([C@@H](C)CCCC(C)C)CC[C@@H]32)C1)C(=O)OC. The lowest BCUT2D eigenvalue weighted by atomic mass is 9.47. The molecule has 10 heteroatoms. The second-order valence-electron chi connectivity index (χ2n) is 24.4. The fraction of sp³-hybridized carbons (Fsp3) is 0.887. The zero-order valence-electron chi connectivity index (χ0n) is 47.3. The summed E-state index contributed by atoms with van der Waals surface area (Å²) in [5.74, 6) is 3.61. The molecular formula is C62H108N2O8. The molecule has 3 saturated carbocycles. The highest BCUT2D eigenvalue weighted by atomic mass is 16.6. The number of allylic oxidation sites excluding steroid dienone is 3. The first-order valence-corrected chi connectivity index (χ1v) is 30.3. The lowest BCUT2D eigenvalue weighted by molar-refractivity contribution is -0.147. The van der Waals surface area contributed by atoms with E-state index >= 15 is 0 Å². The maximum Gasteiger partial charge on any atom is 0.408 e. The number of hydrogen-bond donors (Lipinski definition) is 1. The van der Waals surface area contributed by atoms with Gasteiger partial charge in [-0.3, -0.25) is 4.79 Å². The number of nitrogens with zero attached hydrogens (tertiary/aromatic N) is 1. The van der Waals surface area contributed by atoms with Gasteiger partial charge < -0.3 is 33.9 Å². The number of carbonyl (C=O) groups is 3. The predicted molar refractivity (Wildman–Crippen MR) is 293 cm³/mol. The van der Waals surface area contributed by atoms with E-state index < -0.39 is 24.1 Å². The first kappa shape index (κ1) is 60.4. The number of unbranched alkanes of at least 4 members (excludes halogenated alkanes) is 12. The number of rotatable bonds is 35. The third-order valence-electron chi connectivity index (χ3n) is 18.7. The van der Waals surface area contributed by atoms with Crippen LogP contribution in [-0.4, -0.2) is 94.4 Å². The molecule has 5 rings (SSSR count). The van der Waals surface area contributed by atoms with Crippen LogP contribution >= 0.6 is 0 Å². The van der Waals surface area contributed by atoms with E-state index in [9.17, 15) is 14.4 Å². The number of alkyl carbamates (subject to hydrolysis) is 1. The summed E-state index contributed by atoms with van der Waals surface area (Å²) < 4.78 is 29.0. The summed E-state index contributed by atoms with van der Waals surface area (Å²) in [4.78, 5) is 41.5. The topological polar surface area (TPSA) is 113 Å². The standard InChI is InChI=1S/C62H108N2O8/c1-8-9-10-11-12-13-14-15-16-17-18-19-20-21-22-26-42-69-47-52(46-64-40-24-23-25-41-64)70-43-44-71-58(65)35-34-57(59(66)68-7)63-60(67)72-51-36-38-61(5)50(45-51)30-31-53-55-33-32-54(49(4)29-27-28-48(2)3)62(55,6)39-37-56(53)61/h15-16,30,48-49,51-57H,8-14,17-29,31-47H2,1-7H3,(H,63,67)/b16-15-/t49-,51?,52?,53?,54?,55-,56-,57?,61-,62+/m0/s1. The molecule has 5 unspecified atom stereocenters. The van der Waals surface area contributed by atoms with Gasteiger partial charge in [-0.05, 0) is 156 Å².